The van der Waals surface area contributed by atoms with Crippen LogP contribution >= 0.6 is 11.6 Å². The molecule has 0 fully saturated rings. The number of methoxy groups -OCH3 is 1. The second-order valence-electron chi connectivity index (χ2n) is 3.83. The molecular weight excluding hydrogens is 310 g/mol. The number of halogens is 1. The number of rotatable bonds is 6. The number of ether oxygens (including phenoxy) is 1. The molecule has 0 saturated carbocycles. The summed E-state index contributed by atoms with van der Waals surface area (Å²) in [5.41, 5.74) is 4.52. The molecule has 3 N–H and O–H groups in total. The fourth-order valence-corrected chi connectivity index (χ4v) is 3.27. The Morgan fingerprint density at radius 2 is 2.00 bits per heavy atom. The van der Waals surface area contributed by atoms with Crippen LogP contribution < -0.4 is 10.5 Å². The lowest BCUT2D eigenvalue weighted by Crippen LogP contribution is -2.18. The standard InChI is InChI=1S/C11H12ClNO6S/c1-19-10-7(11(15)16)4-6(12)5-8(10)20(17,18)3-2-9(13)14/h4-5H,2-3H2,1H3,(H2,13,14)(H,15,16). The zero-order valence-corrected chi connectivity index (χ0v) is 12.0. The van der Waals surface area contributed by atoms with Crippen molar-refractivity contribution in [1.82, 2.24) is 0 Å². The highest BCUT2D eigenvalue weighted by Crippen LogP contribution is 2.32. The van der Waals surface area contributed by atoms with Gasteiger partial charge < -0.3 is 15.6 Å². The Kier molecular flexibility index (Phi) is 4.96. The number of hydrogen-bond acceptors (Lipinski definition) is 5. The minimum absolute atomic E-state index is 0.0687. The molecule has 0 aliphatic rings. The van der Waals surface area contributed by atoms with E-state index in [1.165, 1.54) is 0 Å². The predicted octanol–water partition coefficient (Wildman–Crippen LogP) is 0.696. The lowest BCUT2D eigenvalue weighted by Gasteiger charge is -2.12. The summed E-state index contributed by atoms with van der Waals surface area (Å²) in [4.78, 5) is 21.4. The van der Waals surface area contributed by atoms with Gasteiger partial charge >= 0.3 is 5.97 Å². The van der Waals surface area contributed by atoms with E-state index >= 15 is 0 Å². The van der Waals surface area contributed by atoms with Gasteiger partial charge in [-0.2, -0.15) is 0 Å². The topological polar surface area (TPSA) is 124 Å². The van der Waals surface area contributed by atoms with E-state index in [1.807, 2.05) is 0 Å². The number of hydrogen-bond donors (Lipinski definition) is 2. The Hall–Kier alpha value is -1.80. The quantitative estimate of drug-likeness (QED) is 0.794. The number of aromatic carboxylic acids is 1. The van der Waals surface area contributed by atoms with Crippen LogP contribution in [0, 0.1) is 0 Å². The Balaban J connectivity index is 3.43. The normalized spacial score (nSPS) is 11.1. The molecule has 0 spiro atoms. The molecule has 0 heterocycles. The average molecular weight is 322 g/mol. The highest BCUT2D eigenvalue weighted by atomic mass is 35.5. The van der Waals surface area contributed by atoms with E-state index in [0.717, 1.165) is 19.2 Å². The fourth-order valence-electron chi connectivity index (χ4n) is 1.51. The summed E-state index contributed by atoms with van der Waals surface area (Å²) in [5.74, 6) is -3.05. The maximum atomic E-state index is 12.1. The van der Waals surface area contributed by atoms with Crippen molar-refractivity contribution < 1.29 is 27.9 Å². The van der Waals surface area contributed by atoms with Gasteiger partial charge in [-0.05, 0) is 12.1 Å². The first kappa shape index (κ1) is 16.3. The monoisotopic (exact) mass is 321 g/mol. The van der Waals surface area contributed by atoms with Gasteiger partial charge in [0.25, 0.3) is 0 Å². The molecule has 0 saturated heterocycles. The molecule has 0 unspecified atom stereocenters. The summed E-state index contributed by atoms with van der Waals surface area (Å²) in [7, 11) is -2.81. The van der Waals surface area contributed by atoms with Crippen molar-refractivity contribution in [3.8, 4) is 5.75 Å². The lowest BCUT2D eigenvalue weighted by atomic mass is 10.2. The van der Waals surface area contributed by atoms with Crippen LogP contribution in [-0.2, 0) is 14.6 Å². The van der Waals surface area contributed by atoms with Crippen LogP contribution in [0.3, 0.4) is 0 Å². The first-order chi connectivity index (χ1) is 9.19. The van der Waals surface area contributed by atoms with E-state index < -0.39 is 27.5 Å². The Morgan fingerprint density at radius 1 is 1.40 bits per heavy atom. The zero-order valence-electron chi connectivity index (χ0n) is 10.4. The van der Waals surface area contributed by atoms with Crippen LogP contribution in [-0.4, -0.2) is 38.3 Å². The summed E-state index contributed by atoms with van der Waals surface area (Å²) >= 11 is 5.72. The van der Waals surface area contributed by atoms with E-state index in [1.54, 1.807) is 0 Å². The molecule has 20 heavy (non-hydrogen) atoms. The number of sulfone groups is 1. The molecule has 1 rings (SSSR count). The number of primary amides is 1. The number of nitrogens with two attached hydrogens (primary N) is 1. The van der Waals surface area contributed by atoms with Crippen LogP contribution in [0.25, 0.3) is 0 Å². The van der Waals surface area contributed by atoms with Gasteiger partial charge in [0.15, 0.2) is 15.6 Å². The zero-order chi connectivity index (χ0) is 15.5. The number of carboxylic acid groups (broad SMARTS) is 1. The van der Waals surface area contributed by atoms with E-state index in [2.05, 4.69) is 0 Å². The summed E-state index contributed by atoms with van der Waals surface area (Å²) in [5, 5.41) is 8.95. The number of benzene rings is 1. The van der Waals surface area contributed by atoms with Crippen LogP contribution in [0.15, 0.2) is 17.0 Å². The van der Waals surface area contributed by atoms with E-state index in [-0.39, 0.29) is 27.7 Å². The van der Waals surface area contributed by atoms with Crippen molar-refractivity contribution in [2.45, 2.75) is 11.3 Å². The highest BCUT2D eigenvalue weighted by molar-refractivity contribution is 7.91. The van der Waals surface area contributed by atoms with Gasteiger partial charge in [-0.15, -0.1) is 0 Å². The fraction of sp³-hybridized carbons (Fsp3) is 0.273. The maximum Gasteiger partial charge on any atom is 0.339 e. The molecule has 0 atom stereocenters. The van der Waals surface area contributed by atoms with Crippen molar-refractivity contribution >= 4 is 33.3 Å². The van der Waals surface area contributed by atoms with Gasteiger partial charge in [0.05, 0.1) is 12.9 Å². The second kappa shape index (κ2) is 6.10. The summed E-state index contributed by atoms with van der Waals surface area (Å²) in [6, 6.07) is 2.15. The van der Waals surface area contributed by atoms with Gasteiger partial charge in [0.1, 0.15) is 10.5 Å². The molecule has 1 amide bonds. The Bertz CT molecular complexity index is 655. The Morgan fingerprint density at radius 3 is 2.45 bits per heavy atom. The third-order valence-corrected chi connectivity index (χ3v) is 4.34. The molecular formula is C11H12ClNO6S. The van der Waals surface area contributed by atoms with Crippen LogP contribution in [0.5, 0.6) is 5.75 Å². The first-order valence-electron chi connectivity index (χ1n) is 5.31. The van der Waals surface area contributed by atoms with Gasteiger partial charge in [0, 0.05) is 11.4 Å². The van der Waals surface area contributed by atoms with Crippen molar-refractivity contribution in [3.63, 3.8) is 0 Å². The van der Waals surface area contributed by atoms with Gasteiger partial charge in [-0.3, -0.25) is 4.79 Å². The average Bonchev–Trinajstić information content (AvgIpc) is 2.35. The molecule has 1 aromatic carbocycles. The van der Waals surface area contributed by atoms with Crippen molar-refractivity contribution in [1.29, 1.82) is 0 Å². The number of carbonyl (C=O) groups excluding carboxylic acids is 1. The number of carboxylic acids is 1. The number of amides is 1. The smallest absolute Gasteiger partial charge is 0.339 e. The first-order valence-corrected chi connectivity index (χ1v) is 7.34. The molecule has 7 nitrogen and oxygen atoms in total. The van der Waals surface area contributed by atoms with Crippen LogP contribution in [0.1, 0.15) is 16.8 Å². The summed E-state index contributed by atoms with van der Waals surface area (Å²) in [6.45, 7) is 0. The van der Waals surface area contributed by atoms with Gasteiger partial charge in [-0.1, -0.05) is 11.6 Å². The number of carbonyl (C=O) groups is 2. The molecule has 1 aromatic rings. The van der Waals surface area contributed by atoms with Crippen molar-refractivity contribution in [2.75, 3.05) is 12.9 Å². The molecule has 110 valence electrons. The highest BCUT2D eigenvalue weighted by Gasteiger charge is 2.26. The molecule has 0 bridgehead atoms. The van der Waals surface area contributed by atoms with Crippen LogP contribution in [0.2, 0.25) is 5.02 Å². The van der Waals surface area contributed by atoms with Crippen LogP contribution in [0.4, 0.5) is 0 Å². The van der Waals surface area contributed by atoms with Gasteiger partial charge in [0.2, 0.25) is 5.91 Å². The van der Waals surface area contributed by atoms with E-state index in [0.29, 0.717) is 0 Å². The predicted molar refractivity (Wildman–Crippen MR) is 70.8 cm³/mol. The molecule has 9 heteroatoms. The molecule has 0 radical (unpaired) electrons. The Labute approximate surface area is 120 Å². The minimum atomic E-state index is -3.95. The lowest BCUT2D eigenvalue weighted by molar-refractivity contribution is -0.117. The summed E-state index contributed by atoms with van der Waals surface area (Å²) in [6.07, 6.45) is -0.388. The second-order valence-corrected chi connectivity index (χ2v) is 6.34. The third-order valence-electron chi connectivity index (χ3n) is 2.41. The minimum Gasteiger partial charge on any atom is -0.494 e. The van der Waals surface area contributed by atoms with Crippen molar-refractivity contribution in [2.24, 2.45) is 5.73 Å². The van der Waals surface area contributed by atoms with E-state index in [4.69, 9.17) is 27.2 Å². The summed E-state index contributed by atoms with van der Waals surface area (Å²) < 4.78 is 29.1. The van der Waals surface area contributed by atoms with Gasteiger partial charge in [-0.25, -0.2) is 13.2 Å². The third kappa shape index (κ3) is 3.61. The SMILES string of the molecule is COc1c(C(=O)O)cc(Cl)cc1S(=O)(=O)CCC(N)=O. The van der Waals surface area contributed by atoms with E-state index in [9.17, 15) is 18.0 Å². The molecule has 0 aliphatic heterocycles. The largest absolute Gasteiger partial charge is 0.494 e. The molecule has 0 aromatic heterocycles. The maximum absolute atomic E-state index is 12.1. The molecule has 0 aliphatic carbocycles. The van der Waals surface area contributed by atoms with Crippen molar-refractivity contribution in [3.05, 3.63) is 22.7 Å².